The van der Waals surface area contributed by atoms with Gasteiger partial charge in [-0.15, -0.1) is 0 Å². The Morgan fingerprint density at radius 3 is 2.05 bits per heavy atom. The lowest BCUT2D eigenvalue weighted by Gasteiger charge is -2.40. The number of hydrogen-bond acceptors (Lipinski definition) is 3. The lowest BCUT2D eigenvalue weighted by molar-refractivity contribution is -0.202. The van der Waals surface area contributed by atoms with Crippen LogP contribution in [0.3, 0.4) is 0 Å². The van der Waals surface area contributed by atoms with Crippen molar-refractivity contribution in [2.45, 2.75) is 57.3 Å². The first kappa shape index (κ1) is 15.5. The van der Waals surface area contributed by atoms with E-state index in [-0.39, 0.29) is 5.79 Å². The highest BCUT2D eigenvalue weighted by Gasteiger charge is 2.45. The molecule has 1 aliphatic carbocycles. The van der Waals surface area contributed by atoms with Gasteiger partial charge in [0.1, 0.15) is 0 Å². The highest BCUT2D eigenvalue weighted by molar-refractivity contribution is 5.17. The van der Waals surface area contributed by atoms with Crippen molar-refractivity contribution in [1.29, 1.82) is 0 Å². The summed E-state index contributed by atoms with van der Waals surface area (Å²) in [7, 11) is 0. The molecule has 0 atom stereocenters. The van der Waals surface area contributed by atoms with Crippen LogP contribution in [0.4, 0.5) is 0 Å². The van der Waals surface area contributed by atoms with Crippen molar-refractivity contribution >= 4 is 0 Å². The van der Waals surface area contributed by atoms with Crippen molar-refractivity contribution in [3.8, 4) is 0 Å². The first-order valence-corrected chi connectivity index (χ1v) is 7.74. The standard InChI is InChI=1S/C15H20O3.C2H6/c16-14(12-13-4-2-1-3-5-13)6-8-15(9-7-14)17-10-11-18-15;1-2/h1-5,16H,6-12H2;1-2H3. The summed E-state index contributed by atoms with van der Waals surface area (Å²) in [6, 6.07) is 10.2. The average Bonchev–Trinajstić information content (AvgIpc) is 2.95. The van der Waals surface area contributed by atoms with Crippen LogP contribution in [0, 0.1) is 0 Å². The van der Waals surface area contributed by atoms with Crippen LogP contribution in [0.5, 0.6) is 0 Å². The zero-order chi connectivity index (χ0) is 14.5. The van der Waals surface area contributed by atoms with Gasteiger partial charge in [-0.1, -0.05) is 44.2 Å². The molecule has 1 saturated carbocycles. The van der Waals surface area contributed by atoms with E-state index < -0.39 is 5.60 Å². The van der Waals surface area contributed by atoms with Crippen molar-refractivity contribution in [3.63, 3.8) is 0 Å². The Morgan fingerprint density at radius 2 is 1.50 bits per heavy atom. The van der Waals surface area contributed by atoms with Crippen LogP contribution < -0.4 is 0 Å². The maximum absolute atomic E-state index is 10.7. The fourth-order valence-corrected chi connectivity index (χ4v) is 3.03. The molecule has 1 heterocycles. The molecule has 1 aromatic carbocycles. The van der Waals surface area contributed by atoms with Gasteiger partial charge in [-0.05, 0) is 18.4 Å². The zero-order valence-corrected chi connectivity index (χ0v) is 12.6. The summed E-state index contributed by atoms with van der Waals surface area (Å²) in [6.45, 7) is 5.38. The van der Waals surface area contributed by atoms with E-state index in [1.54, 1.807) is 0 Å². The van der Waals surface area contributed by atoms with Crippen molar-refractivity contribution < 1.29 is 14.6 Å². The normalized spacial score (nSPS) is 23.1. The number of benzene rings is 1. The molecule has 2 fully saturated rings. The van der Waals surface area contributed by atoms with Gasteiger partial charge in [-0.2, -0.15) is 0 Å². The summed E-state index contributed by atoms with van der Waals surface area (Å²) in [5, 5.41) is 10.7. The number of hydrogen-bond donors (Lipinski definition) is 1. The van der Waals surface area contributed by atoms with Gasteiger partial charge in [0.25, 0.3) is 0 Å². The summed E-state index contributed by atoms with van der Waals surface area (Å²) in [5.74, 6) is -0.386. The maximum atomic E-state index is 10.7. The van der Waals surface area contributed by atoms with Crippen molar-refractivity contribution in [2.24, 2.45) is 0 Å². The Balaban J connectivity index is 0.000000704. The molecule has 0 bridgehead atoms. The van der Waals surface area contributed by atoms with Gasteiger partial charge in [0.2, 0.25) is 0 Å². The molecule has 3 nitrogen and oxygen atoms in total. The first-order chi connectivity index (χ1) is 9.70. The summed E-state index contributed by atoms with van der Waals surface area (Å²) >= 11 is 0. The van der Waals surface area contributed by atoms with Gasteiger partial charge in [-0.3, -0.25) is 0 Å². The van der Waals surface area contributed by atoms with E-state index in [0.29, 0.717) is 13.2 Å². The minimum absolute atomic E-state index is 0.386. The molecule has 0 aromatic heterocycles. The smallest absolute Gasteiger partial charge is 0.168 e. The largest absolute Gasteiger partial charge is 0.390 e. The second kappa shape index (κ2) is 6.70. The predicted octanol–water partition coefficient (Wildman–Crippen LogP) is 3.30. The van der Waals surface area contributed by atoms with Crippen LogP contribution in [-0.4, -0.2) is 29.7 Å². The van der Waals surface area contributed by atoms with Gasteiger partial charge in [0.15, 0.2) is 5.79 Å². The number of aliphatic hydroxyl groups is 1. The van der Waals surface area contributed by atoms with E-state index in [1.165, 1.54) is 5.56 Å². The fraction of sp³-hybridized carbons (Fsp3) is 0.647. The second-order valence-corrected chi connectivity index (χ2v) is 5.49. The molecular formula is C17H26O3. The van der Waals surface area contributed by atoms with Crippen molar-refractivity contribution in [3.05, 3.63) is 35.9 Å². The van der Waals surface area contributed by atoms with Crippen molar-refractivity contribution in [1.82, 2.24) is 0 Å². The van der Waals surface area contributed by atoms with E-state index in [9.17, 15) is 5.11 Å². The third-order valence-corrected chi connectivity index (χ3v) is 4.13. The Hall–Kier alpha value is -0.900. The monoisotopic (exact) mass is 278 g/mol. The second-order valence-electron chi connectivity index (χ2n) is 5.49. The molecule has 3 heteroatoms. The zero-order valence-electron chi connectivity index (χ0n) is 12.6. The Kier molecular flexibility index (Phi) is 5.19. The molecule has 0 unspecified atom stereocenters. The number of rotatable bonds is 2. The van der Waals surface area contributed by atoms with Gasteiger partial charge < -0.3 is 14.6 Å². The minimum Gasteiger partial charge on any atom is -0.390 e. The van der Waals surface area contributed by atoms with Crippen LogP contribution in [-0.2, 0) is 15.9 Å². The molecule has 0 radical (unpaired) electrons. The molecule has 1 spiro atoms. The van der Waals surface area contributed by atoms with Crippen LogP contribution in [0.2, 0.25) is 0 Å². The summed E-state index contributed by atoms with van der Waals surface area (Å²) in [4.78, 5) is 0. The van der Waals surface area contributed by atoms with E-state index in [2.05, 4.69) is 12.1 Å². The molecule has 1 aromatic rings. The predicted molar refractivity (Wildman–Crippen MR) is 79.5 cm³/mol. The molecular weight excluding hydrogens is 252 g/mol. The molecule has 1 saturated heterocycles. The van der Waals surface area contributed by atoms with Crippen LogP contribution >= 0.6 is 0 Å². The van der Waals surface area contributed by atoms with Crippen molar-refractivity contribution in [2.75, 3.05) is 13.2 Å². The molecule has 112 valence electrons. The SMILES string of the molecule is CC.OC1(Cc2ccccc2)CCC2(CC1)OCCO2. The van der Waals surface area contributed by atoms with E-state index >= 15 is 0 Å². The first-order valence-electron chi connectivity index (χ1n) is 7.74. The van der Waals surface area contributed by atoms with Gasteiger partial charge >= 0.3 is 0 Å². The minimum atomic E-state index is -0.595. The Morgan fingerprint density at radius 1 is 0.950 bits per heavy atom. The highest BCUT2D eigenvalue weighted by atomic mass is 16.7. The highest BCUT2D eigenvalue weighted by Crippen LogP contribution is 2.41. The Bertz CT molecular complexity index is 386. The number of ether oxygens (including phenoxy) is 2. The van der Waals surface area contributed by atoms with E-state index in [0.717, 1.165) is 32.1 Å². The fourth-order valence-electron chi connectivity index (χ4n) is 3.03. The van der Waals surface area contributed by atoms with E-state index in [4.69, 9.17) is 9.47 Å². The Labute approximate surface area is 121 Å². The van der Waals surface area contributed by atoms with Gasteiger partial charge in [0.05, 0.1) is 18.8 Å². The molecule has 1 N–H and O–H groups in total. The quantitative estimate of drug-likeness (QED) is 0.902. The molecule has 3 rings (SSSR count). The van der Waals surface area contributed by atoms with Crippen LogP contribution in [0.1, 0.15) is 45.1 Å². The lowest BCUT2D eigenvalue weighted by atomic mass is 9.78. The molecule has 0 amide bonds. The summed E-state index contributed by atoms with van der Waals surface area (Å²) in [5.41, 5.74) is 0.603. The van der Waals surface area contributed by atoms with E-state index in [1.807, 2.05) is 32.0 Å². The van der Waals surface area contributed by atoms with Crippen LogP contribution in [0.15, 0.2) is 30.3 Å². The topological polar surface area (TPSA) is 38.7 Å². The van der Waals surface area contributed by atoms with Crippen LogP contribution in [0.25, 0.3) is 0 Å². The average molecular weight is 278 g/mol. The summed E-state index contributed by atoms with van der Waals surface area (Å²) < 4.78 is 11.4. The maximum Gasteiger partial charge on any atom is 0.168 e. The molecule has 2 aliphatic rings. The summed E-state index contributed by atoms with van der Waals surface area (Å²) in [6.07, 6.45) is 3.83. The lowest BCUT2D eigenvalue weighted by Crippen LogP contribution is -2.44. The molecule has 20 heavy (non-hydrogen) atoms. The third kappa shape index (κ3) is 3.60. The van der Waals surface area contributed by atoms with Gasteiger partial charge in [0, 0.05) is 19.3 Å². The van der Waals surface area contributed by atoms with Gasteiger partial charge in [-0.25, -0.2) is 0 Å². The molecule has 1 aliphatic heterocycles. The third-order valence-electron chi connectivity index (χ3n) is 4.13.